The summed E-state index contributed by atoms with van der Waals surface area (Å²) in [6.07, 6.45) is -0.0766. The van der Waals surface area contributed by atoms with Crippen molar-refractivity contribution in [2.24, 2.45) is 0 Å². The maximum absolute atomic E-state index is 13.0. The predicted octanol–water partition coefficient (Wildman–Crippen LogP) is 2.53. The number of ether oxygens (including phenoxy) is 1. The molecule has 0 fully saturated rings. The number of carbonyl (C=O) groups excluding carboxylic acids is 1. The highest BCUT2D eigenvalue weighted by molar-refractivity contribution is 7.89. The van der Waals surface area contributed by atoms with E-state index in [9.17, 15) is 17.6 Å². The summed E-state index contributed by atoms with van der Waals surface area (Å²) in [6, 6.07) is 11.5. The van der Waals surface area contributed by atoms with Crippen LogP contribution in [0.15, 0.2) is 53.4 Å². The van der Waals surface area contributed by atoms with Crippen LogP contribution in [0.1, 0.15) is 13.3 Å². The van der Waals surface area contributed by atoms with Crippen molar-refractivity contribution in [1.82, 2.24) is 4.72 Å². The first-order valence-corrected chi connectivity index (χ1v) is 9.17. The van der Waals surface area contributed by atoms with E-state index in [2.05, 4.69) is 10.0 Å². The molecule has 0 aliphatic carbocycles. The Labute approximate surface area is 146 Å². The maximum atomic E-state index is 13.0. The number of nitrogens with one attached hydrogen (secondary N) is 2. The zero-order chi connectivity index (χ0) is 18.3. The Kier molecular flexibility index (Phi) is 6.49. The van der Waals surface area contributed by atoms with Crippen molar-refractivity contribution in [1.29, 1.82) is 0 Å². The average molecular weight is 366 g/mol. The van der Waals surface area contributed by atoms with E-state index in [1.807, 2.05) is 6.92 Å². The van der Waals surface area contributed by atoms with Crippen LogP contribution in [0.2, 0.25) is 0 Å². The van der Waals surface area contributed by atoms with Crippen LogP contribution in [0.5, 0.6) is 5.75 Å². The van der Waals surface area contributed by atoms with Gasteiger partial charge in [0.2, 0.25) is 15.9 Å². The van der Waals surface area contributed by atoms with Crippen LogP contribution in [0, 0.1) is 5.82 Å². The minimum Gasteiger partial charge on any atom is -0.494 e. The quantitative estimate of drug-likeness (QED) is 0.752. The van der Waals surface area contributed by atoms with Crippen LogP contribution in [-0.2, 0) is 14.8 Å². The number of hydrogen-bond donors (Lipinski definition) is 2. The fraction of sp³-hybridized carbons (Fsp3) is 0.235. The topological polar surface area (TPSA) is 84.5 Å². The summed E-state index contributed by atoms with van der Waals surface area (Å²) in [4.78, 5) is 11.9. The summed E-state index contributed by atoms with van der Waals surface area (Å²) in [6.45, 7) is 2.25. The fourth-order valence-electron chi connectivity index (χ4n) is 2.05. The van der Waals surface area contributed by atoms with Crippen LogP contribution in [-0.4, -0.2) is 27.5 Å². The molecule has 0 aliphatic heterocycles. The first-order chi connectivity index (χ1) is 11.9. The Hall–Kier alpha value is -2.45. The molecule has 0 aromatic heterocycles. The van der Waals surface area contributed by atoms with Crippen molar-refractivity contribution in [2.45, 2.75) is 18.2 Å². The highest BCUT2D eigenvalue weighted by Gasteiger charge is 2.14. The van der Waals surface area contributed by atoms with Crippen LogP contribution >= 0.6 is 0 Å². The van der Waals surface area contributed by atoms with Crippen molar-refractivity contribution in [3.05, 3.63) is 54.3 Å². The molecule has 6 nitrogen and oxygen atoms in total. The molecule has 2 rings (SSSR count). The summed E-state index contributed by atoms with van der Waals surface area (Å²) in [5.74, 6) is -0.301. The number of hydrogen-bond acceptors (Lipinski definition) is 4. The molecule has 25 heavy (non-hydrogen) atoms. The second kappa shape index (κ2) is 8.59. The normalized spacial score (nSPS) is 11.1. The molecule has 2 aromatic carbocycles. The second-order valence-electron chi connectivity index (χ2n) is 5.11. The molecule has 2 N–H and O–H groups in total. The highest BCUT2D eigenvalue weighted by atomic mass is 32.2. The first kappa shape index (κ1) is 18.9. The number of benzene rings is 2. The molecule has 1 amide bonds. The van der Waals surface area contributed by atoms with Crippen LogP contribution in [0.25, 0.3) is 0 Å². The minimum atomic E-state index is -3.71. The van der Waals surface area contributed by atoms with Gasteiger partial charge in [-0.05, 0) is 49.4 Å². The molecule has 134 valence electrons. The van der Waals surface area contributed by atoms with Crippen molar-refractivity contribution in [3.8, 4) is 5.75 Å². The molecule has 2 aromatic rings. The van der Waals surface area contributed by atoms with Gasteiger partial charge in [0, 0.05) is 18.7 Å². The minimum absolute atomic E-state index is 0.0727. The van der Waals surface area contributed by atoms with E-state index < -0.39 is 21.7 Å². The molecular formula is C17H19FN2O4S. The molecule has 0 heterocycles. The lowest BCUT2D eigenvalue weighted by molar-refractivity contribution is -0.116. The van der Waals surface area contributed by atoms with Crippen LogP contribution in [0.4, 0.5) is 10.1 Å². The van der Waals surface area contributed by atoms with Gasteiger partial charge in [-0.25, -0.2) is 17.5 Å². The molecular weight excluding hydrogens is 347 g/mol. The van der Waals surface area contributed by atoms with E-state index in [0.717, 1.165) is 0 Å². The largest absolute Gasteiger partial charge is 0.494 e. The second-order valence-corrected chi connectivity index (χ2v) is 6.88. The number of sulfonamides is 1. The van der Waals surface area contributed by atoms with Gasteiger partial charge < -0.3 is 10.1 Å². The van der Waals surface area contributed by atoms with Crippen molar-refractivity contribution in [3.63, 3.8) is 0 Å². The zero-order valence-corrected chi connectivity index (χ0v) is 14.5. The third-order valence-corrected chi connectivity index (χ3v) is 4.67. The van der Waals surface area contributed by atoms with Crippen LogP contribution < -0.4 is 14.8 Å². The molecule has 0 saturated heterocycles. The Bertz CT molecular complexity index is 823. The Balaban J connectivity index is 1.86. The van der Waals surface area contributed by atoms with Gasteiger partial charge in [0.05, 0.1) is 11.5 Å². The number of rotatable bonds is 8. The molecule has 0 aliphatic rings. The first-order valence-electron chi connectivity index (χ1n) is 7.68. The third-order valence-electron chi connectivity index (χ3n) is 3.20. The van der Waals surface area contributed by atoms with Crippen molar-refractivity contribution >= 4 is 21.6 Å². The molecule has 8 heteroatoms. The van der Waals surface area contributed by atoms with E-state index in [0.29, 0.717) is 18.0 Å². The van der Waals surface area contributed by atoms with Gasteiger partial charge in [0.25, 0.3) is 0 Å². The van der Waals surface area contributed by atoms with Gasteiger partial charge in [-0.2, -0.15) is 0 Å². The Morgan fingerprint density at radius 3 is 2.52 bits per heavy atom. The standard InChI is InChI=1S/C17H19FN2O4S/c1-2-24-15-6-8-16(9-7-15)25(22,23)19-11-10-17(21)20-14-5-3-4-13(18)12-14/h3-9,12,19H,2,10-11H2,1H3,(H,20,21). The summed E-state index contributed by atoms with van der Waals surface area (Å²) < 4.78 is 45.0. The molecule has 0 radical (unpaired) electrons. The van der Waals surface area contributed by atoms with E-state index in [4.69, 9.17) is 4.74 Å². The van der Waals surface area contributed by atoms with E-state index in [1.165, 1.54) is 30.3 Å². The van der Waals surface area contributed by atoms with Gasteiger partial charge in [-0.15, -0.1) is 0 Å². The van der Waals surface area contributed by atoms with Crippen LogP contribution in [0.3, 0.4) is 0 Å². The summed E-state index contributed by atoms with van der Waals surface area (Å²) >= 11 is 0. The molecule has 0 spiro atoms. The molecule has 0 bridgehead atoms. The number of amides is 1. The number of carbonyl (C=O) groups is 1. The molecule has 0 atom stereocenters. The lowest BCUT2D eigenvalue weighted by Gasteiger charge is -2.09. The summed E-state index contributed by atoms with van der Waals surface area (Å²) in [7, 11) is -3.71. The Morgan fingerprint density at radius 2 is 1.88 bits per heavy atom. The molecule has 0 unspecified atom stereocenters. The maximum Gasteiger partial charge on any atom is 0.240 e. The number of anilines is 1. The van der Waals surface area contributed by atoms with E-state index in [-0.39, 0.29) is 17.9 Å². The summed E-state index contributed by atoms with van der Waals surface area (Å²) in [5, 5.41) is 2.50. The van der Waals surface area contributed by atoms with E-state index >= 15 is 0 Å². The third kappa shape index (κ3) is 5.84. The fourth-order valence-corrected chi connectivity index (χ4v) is 3.09. The predicted molar refractivity (Wildman–Crippen MR) is 92.4 cm³/mol. The zero-order valence-electron chi connectivity index (χ0n) is 13.7. The highest BCUT2D eigenvalue weighted by Crippen LogP contribution is 2.16. The van der Waals surface area contributed by atoms with Gasteiger partial charge >= 0.3 is 0 Å². The SMILES string of the molecule is CCOc1ccc(S(=O)(=O)NCCC(=O)Nc2cccc(F)c2)cc1. The molecule has 0 saturated carbocycles. The summed E-state index contributed by atoms with van der Waals surface area (Å²) in [5.41, 5.74) is 0.319. The smallest absolute Gasteiger partial charge is 0.240 e. The van der Waals surface area contributed by atoms with Crippen molar-refractivity contribution < 1.29 is 22.3 Å². The Morgan fingerprint density at radius 1 is 1.16 bits per heavy atom. The lowest BCUT2D eigenvalue weighted by Crippen LogP contribution is -2.27. The van der Waals surface area contributed by atoms with Crippen molar-refractivity contribution in [2.75, 3.05) is 18.5 Å². The van der Waals surface area contributed by atoms with Gasteiger partial charge in [0.15, 0.2) is 0 Å². The monoisotopic (exact) mass is 366 g/mol. The van der Waals surface area contributed by atoms with Gasteiger partial charge in [-0.1, -0.05) is 6.07 Å². The number of halogens is 1. The lowest BCUT2D eigenvalue weighted by atomic mass is 10.3. The average Bonchev–Trinajstić information content (AvgIpc) is 2.55. The van der Waals surface area contributed by atoms with Gasteiger partial charge in [-0.3, -0.25) is 4.79 Å². The van der Waals surface area contributed by atoms with E-state index in [1.54, 1.807) is 18.2 Å². The van der Waals surface area contributed by atoms with Gasteiger partial charge in [0.1, 0.15) is 11.6 Å².